The van der Waals surface area contributed by atoms with Gasteiger partial charge in [0, 0.05) is 11.6 Å². The Kier molecular flexibility index (Phi) is 6.81. The molecule has 4 aliphatic carbocycles. The van der Waals surface area contributed by atoms with E-state index < -0.39 is 47.4 Å². The van der Waals surface area contributed by atoms with Gasteiger partial charge in [-0.05, 0) is 82.4 Å². The molecule has 3 saturated carbocycles. The molecule has 8 rings (SSSR count). The summed E-state index contributed by atoms with van der Waals surface area (Å²) in [5.74, 6) is -0.829. The number of hydrogen-bond acceptors (Lipinski definition) is 7. The average Bonchev–Trinajstić information content (AvgIpc) is 3.55. The summed E-state index contributed by atoms with van der Waals surface area (Å²) in [6.45, 7) is 1.68. The lowest BCUT2D eigenvalue weighted by Crippen LogP contribution is -2.51. The van der Waals surface area contributed by atoms with Crippen molar-refractivity contribution < 1.29 is 50.8 Å². The van der Waals surface area contributed by atoms with Crippen LogP contribution in [0, 0.1) is 5.41 Å². The first-order valence-electron chi connectivity index (χ1n) is 14.9. The number of carbonyl (C=O) groups is 1. The molecule has 45 heavy (non-hydrogen) atoms. The van der Waals surface area contributed by atoms with Crippen molar-refractivity contribution in [2.45, 2.75) is 95.0 Å². The lowest BCUT2D eigenvalue weighted by molar-refractivity contribution is -0.286. The summed E-state index contributed by atoms with van der Waals surface area (Å²) in [6, 6.07) is 5.78. The standard InChI is InChI=1S/C31H30F5N3O6/c1-17(18-5-6-22-24(13-18)45-31(35,36)44-22)42-20-14-19(15-37-16-20)39-25-21(26(38-39)30(32,33)34)3-2-4-23(25)43-29-10-7-28(8-11-29,9-12-29)27(40)41/h5-6,13-17,23H,2-4,7-12H2,1H3,(H,40,41)/t17-,23-,28?,29?/m0/s1. The molecule has 0 radical (unpaired) electrons. The van der Waals surface area contributed by atoms with Crippen LogP contribution in [0.5, 0.6) is 17.2 Å². The molecule has 0 amide bonds. The van der Waals surface area contributed by atoms with Crippen molar-refractivity contribution in [1.82, 2.24) is 14.8 Å². The molecule has 3 heterocycles. The molecule has 1 N–H and O–H groups in total. The number of ether oxygens (including phenoxy) is 4. The Morgan fingerprint density at radius 2 is 1.78 bits per heavy atom. The Morgan fingerprint density at radius 3 is 2.47 bits per heavy atom. The highest BCUT2D eigenvalue weighted by atomic mass is 19.4. The van der Waals surface area contributed by atoms with E-state index in [4.69, 9.17) is 9.47 Å². The van der Waals surface area contributed by atoms with E-state index in [9.17, 15) is 31.9 Å². The van der Waals surface area contributed by atoms with Gasteiger partial charge < -0.3 is 24.1 Å². The molecule has 240 valence electrons. The van der Waals surface area contributed by atoms with Crippen molar-refractivity contribution in [2.24, 2.45) is 5.41 Å². The van der Waals surface area contributed by atoms with Gasteiger partial charge >= 0.3 is 18.4 Å². The maximum atomic E-state index is 14.3. The number of aliphatic carboxylic acids is 1. The van der Waals surface area contributed by atoms with Crippen molar-refractivity contribution in [3.8, 4) is 22.9 Å². The summed E-state index contributed by atoms with van der Waals surface area (Å²) in [5.41, 5.74) is -1.19. The Morgan fingerprint density at radius 1 is 1.07 bits per heavy atom. The highest BCUT2D eigenvalue weighted by Crippen LogP contribution is 2.56. The predicted molar refractivity (Wildman–Crippen MR) is 145 cm³/mol. The molecule has 0 spiro atoms. The largest absolute Gasteiger partial charge is 0.586 e. The van der Waals surface area contributed by atoms with E-state index in [2.05, 4.69) is 19.6 Å². The first kappa shape index (κ1) is 29.8. The average molecular weight is 636 g/mol. The maximum absolute atomic E-state index is 14.3. The van der Waals surface area contributed by atoms with Crippen LogP contribution in [-0.4, -0.2) is 37.7 Å². The van der Waals surface area contributed by atoms with Crippen LogP contribution >= 0.6 is 0 Å². The third kappa shape index (κ3) is 5.26. The Hall–Kier alpha value is -3.94. The van der Waals surface area contributed by atoms with E-state index in [1.54, 1.807) is 13.0 Å². The quantitative estimate of drug-likeness (QED) is 0.270. The van der Waals surface area contributed by atoms with Gasteiger partial charge in [-0.25, -0.2) is 4.68 Å². The van der Waals surface area contributed by atoms with Gasteiger partial charge in [0.05, 0.1) is 34.8 Å². The van der Waals surface area contributed by atoms with Crippen LogP contribution in [-0.2, 0) is 22.1 Å². The minimum atomic E-state index is -4.70. The normalized spacial score (nSPS) is 27.2. The van der Waals surface area contributed by atoms with Crippen LogP contribution in [0.25, 0.3) is 5.69 Å². The van der Waals surface area contributed by atoms with Crippen molar-refractivity contribution >= 4 is 5.97 Å². The lowest BCUT2D eigenvalue weighted by atomic mass is 9.58. The zero-order valence-electron chi connectivity index (χ0n) is 24.2. The van der Waals surface area contributed by atoms with Gasteiger partial charge in [0.2, 0.25) is 0 Å². The summed E-state index contributed by atoms with van der Waals surface area (Å²) in [7, 11) is 0. The number of benzene rings is 1. The number of carboxylic acids is 1. The summed E-state index contributed by atoms with van der Waals surface area (Å²) in [4.78, 5) is 16.1. The zero-order chi connectivity index (χ0) is 31.8. The minimum absolute atomic E-state index is 0.0819. The Bertz CT molecular complexity index is 1630. The zero-order valence-corrected chi connectivity index (χ0v) is 24.2. The maximum Gasteiger partial charge on any atom is 0.586 e. The number of alkyl halides is 5. The van der Waals surface area contributed by atoms with E-state index in [0.29, 0.717) is 62.6 Å². The molecular weight excluding hydrogens is 605 g/mol. The smallest absolute Gasteiger partial charge is 0.484 e. The van der Waals surface area contributed by atoms with Crippen molar-refractivity contribution in [2.75, 3.05) is 0 Å². The van der Waals surface area contributed by atoms with Crippen molar-refractivity contribution in [3.63, 3.8) is 0 Å². The van der Waals surface area contributed by atoms with Crippen LogP contribution in [0.1, 0.15) is 93.0 Å². The predicted octanol–water partition coefficient (Wildman–Crippen LogP) is 7.32. The van der Waals surface area contributed by atoms with E-state index >= 15 is 0 Å². The summed E-state index contributed by atoms with van der Waals surface area (Å²) >= 11 is 0. The number of nitrogens with zero attached hydrogens (tertiary/aromatic N) is 3. The SMILES string of the molecule is C[C@H](Oc1cncc(-n2nc(C(F)(F)F)c3c2[C@@H](OC24CCC(C(=O)O)(CC2)CC4)CCC3)c1)c1ccc2c(c1)OC(F)(F)O2. The van der Waals surface area contributed by atoms with Gasteiger partial charge in [-0.1, -0.05) is 6.07 Å². The van der Waals surface area contributed by atoms with Crippen LogP contribution in [0.2, 0.25) is 0 Å². The van der Waals surface area contributed by atoms with Gasteiger partial charge in [-0.3, -0.25) is 9.78 Å². The fourth-order valence-corrected chi connectivity index (χ4v) is 7.21. The van der Waals surface area contributed by atoms with E-state index in [1.165, 1.54) is 35.3 Å². The summed E-state index contributed by atoms with van der Waals surface area (Å²) in [6.07, 6.45) is -2.84. The number of pyridine rings is 1. The lowest BCUT2D eigenvalue weighted by Gasteiger charge is -2.52. The highest BCUT2D eigenvalue weighted by Gasteiger charge is 2.54. The fourth-order valence-electron chi connectivity index (χ4n) is 7.21. The van der Waals surface area contributed by atoms with Gasteiger partial charge in [-0.2, -0.15) is 18.3 Å². The molecule has 0 unspecified atom stereocenters. The Labute approximate surface area is 254 Å². The number of aromatic nitrogens is 3. The van der Waals surface area contributed by atoms with Crippen molar-refractivity contribution in [3.05, 3.63) is 59.2 Å². The fraction of sp³-hybridized carbons (Fsp3) is 0.516. The molecule has 14 heteroatoms. The van der Waals surface area contributed by atoms with Crippen LogP contribution in [0.3, 0.4) is 0 Å². The number of rotatable bonds is 7. The first-order valence-corrected chi connectivity index (χ1v) is 14.9. The third-order valence-electron chi connectivity index (χ3n) is 9.66. The molecule has 1 aliphatic heterocycles. The van der Waals surface area contributed by atoms with Gasteiger partial charge in [0.15, 0.2) is 17.2 Å². The number of hydrogen-bond donors (Lipinski definition) is 1. The molecule has 3 aromatic rings. The molecule has 5 aliphatic rings. The second-order valence-corrected chi connectivity index (χ2v) is 12.4. The topological polar surface area (TPSA) is 105 Å². The number of fused-ring (bicyclic) bond motifs is 5. The molecular formula is C31H30F5N3O6. The third-order valence-corrected chi connectivity index (χ3v) is 9.66. The molecule has 9 nitrogen and oxygen atoms in total. The summed E-state index contributed by atoms with van der Waals surface area (Å²) < 4.78 is 92.6. The van der Waals surface area contributed by atoms with Gasteiger partial charge in [0.25, 0.3) is 0 Å². The molecule has 3 fully saturated rings. The van der Waals surface area contributed by atoms with Gasteiger partial charge in [-0.15, -0.1) is 8.78 Å². The molecule has 2 bridgehead atoms. The second-order valence-electron chi connectivity index (χ2n) is 12.4. The molecule has 2 aromatic heterocycles. The molecule has 1 aromatic carbocycles. The van der Waals surface area contributed by atoms with Crippen LogP contribution in [0.4, 0.5) is 22.0 Å². The van der Waals surface area contributed by atoms with Crippen LogP contribution in [0.15, 0.2) is 36.7 Å². The number of carboxylic acid groups (broad SMARTS) is 1. The van der Waals surface area contributed by atoms with Crippen molar-refractivity contribution in [1.29, 1.82) is 0 Å². The monoisotopic (exact) mass is 635 g/mol. The van der Waals surface area contributed by atoms with Crippen LogP contribution < -0.4 is 14.2 Å². The first-order chi connectivity index (χ1) is 21.3. The minimum Gasteiger partial charge on any atom is -0.484 e. The van der Waals surface area contributed by atoms with E-state index in [0.717, 1.165) is 0 Å². The second kappa shape index (κ2) is 10.3. The highest BCUT2D eigenvalue weighted by molar-refractivity contribution is 5.75. The van der Waals surface area contributed by atoms with Gasteiger partial charge in [0.1, 0.15) is 18.0 Å². The molecule has 0 saturated heterocycles. The van der Waals surface area contributed by atoms with E-state index in [-0.39, 0.29) is 34.9 Å². The van der Waals surface area contributed by atoms with E-state index in [1.807, 2.05) is 0 Å². The molecule has 2 atom stereocenters. The summed E-state index contributed by atoms with van der Waals surface area (Å²) in [5, 5.41) is 13.8. The Balaban J connectivity index is 1.18. The number of halogens is 5.